The SMILES string of the molecule is O=C(COC(=O)C1(c2ccccc2F)CCCC1)N(Cc1ccccc1)Cc1ccccc1. The van der Waals surface area contributed by atoms with Gasteiger partial charge in [-0.3, -0.25) is 9.59 Å². The fraction of sp³-hybridized carbons (Fsp3) is 0.286. The molecule has 0 bridgehead atoms. The predicted molar refractivity (Wildman–Crippen MR) is 125 cm³/mol. The summed E-state index contributed by atoms with van der Waals surface area (Å²) in [6, 6.07) is 25.8. The van der Waals surface area contributed by atoms with Gasteiger partial charge >= 0.3 is 5.97 Å². The Hall–Kier alpha value is -3.47. The highest BCUT2D eigenvalue weighted by molar-refractivity contribution is 5.87. The van der Waals surface area contributed by atoms with E-state index in [2.05, 4.69) is 0 Å². The van der Waals surface area contributed by atoms with Crippen molar-refractivity contribution in [3.8, 4) is 0 Å². The minimum atomic E-state index is -1.02. The number of nitrogens with zero attached hydrogens (tertiary/aromatic N) is 1. The van der Waals surface area contributed by atoms with Gasteiger partial charge in [-0.25, -0.2) is 4.39 Å². The van der Waals surface area contributed by atoms with E-state index in [0.29, 0.717) is 31.5 Å². The molecule has 0 aliphatic heterocycles. The minimum Gasteiger partial charge on any atom is -0.455 e. The third-order valence-corrected chi connectivity index (χ3v) is 6.35. The molecule has 0 aromatic heterocycles. The predicted octanol–water partition coefficient (Wildman–Crippen LogP) is 5.41. The third kappa shape index (κ3) is 5.30. The fourth-order valence-electron chi connectivity index (χ4n) is 4.61. The standard InChI is InChI=1S/C28H28FNO3/c29-25-16-8-7-15-24(25)28(17-9-10-18-28)27(32)33-21-26(31)30(19-22-11-3-1-4-12-22)20-23-13-5-2-6-14-23/h1-8,11-16H,9-10,17-21H2. The second-order valence-corrected chi connectivity index (χ2v) is 8.57. The van der Waals surface area contributed by atoms with E-state index >= 15 is 0 Å². The van der Waals surface area contributed by atoms with E-state index in [4.69, 9.17) is 4.74 Å². The van der Waals surface area contributed by atoms with Gasteiger partial charge in [0.2, 0.25) is 0 Å². The summed E-state index contributed by atoms with van der Waals surface area (Å²) in [6.07, 6.45) is 2.70. The lowest BCUT2D eigenvalue weighted by Crippen LogP contribution is -2.39. The summed E-state index contributed by atoms with van der Waals surface area (Å²) < 4.78 is 20.1. The van der Waals surface area contributed by atoms with Crippen LogP contribution in [-0.4, -0.2) is 23.4 Å². The molecular weight excluding hydrogens is 417 g/mol. The number of esters is 1. The van der Waals surface area contributed by atoms with Gasteiger partial charge in [0.1, 0.15) is 5.82 Å². The molecule has 4 rings (SSSR count). The van der Waals surface area contributed by atoms with Gasteiger partial charge in [-0.05, 0) is 30.0 Å². The first-order valence-electron chi connectivity index (χ1n) is 11.4. The van der Waals surface area contributed by atoms with Crippen molar-refractivity contribution in [3.63, 3.8) is 0 Å². The van der Waals surface area contributed by atoms with Crippen molar-refractivity contribution in [2.75, 3.05) is 6.61 Å². The van der Waals surface area contributed by atoms with E-state index in [0.717, 1.165) is 24.0 Å². The van der Waals surface area contributed by atoms with E-state index < -0.39 is 17.2 Å². The number of rotatable bonds is 8. The molecule has 0 spiro atoms. The van der Waals surface area contributed by atoms with Crippen LogP contribution in [0.25, 0.3) is 0 Å². The molecule has 0 N–H and O–H groups in total. The van der Waals surface area contributed by atoms with Crippen LogP contribution in [0.15, 0.2) is 84.9 Å². The molecule has 170 valence electrons. The molecule has 3 aromatic carbocycles. The maximum Gasteiger partial charge on any atom is 0.317 e. The lowest BCUT2D eigenvalue weighted by atomic mass is 9.78. The quantitative estimate of drug-likeness (QED) is 0.436. The number of hydrogen-bond donors (Lipinski definition) is 0. The molecule has 1 fully saturated rings. The van der Waals surface area contributed by atoms with Crippen molar-refractivity contribution >= 4 is 11.9 Å². The van der Waals surface area contributed by atoms with Crippen LogP contribution in [0.1, 0.15) is 42.4 Å². The van der Waals surface area contributed by atoms with E-state index in [-0.39, 0.29) is 12.5 Å². The maximum atomic E-state index is 14.6. The molecule has 0 unspecified atom stereocenters. The smallest absolute Gasteiger partial charge is 0.317 e. The Morgan fingerprint density at radius 1 is 0.788 bits per heavy atom. The Balaban J connectivity index is 1.49. The summed E-state index contributed by atoms with van der Waals surface area (Å²) in [7, 11) is 0. The van der Waals surface area contributed by atoms with Gasteiger partial charge in [-0.15, -0.1) is 0 Å². The number of halogens is 1. The Morgan fingerprint density at radius 3 is 1.85 bits per heavy atom. The zero-order valence-corrected chi connectivity index (χ0v) is 18.6. The molecule has 1 saturated carbocycles. The summed E-state index contributed by atoms with van der Waals surface area (Å²) >= 11 is 0. The first-order chi connectivity index (χ1) is 16.1. The number of amides is 1. The zero-order chi connectivity index (χ0) is 23.1. The molecule has 0 radical (unpaired) electrons. The van der Waals surface area contributed by atoms with Crippen LogP contribution in [0.2, 0.25) is 0 Å². The Kier molecular flexibility index (Phi) is 7.18. The number of carbonyl (C=O) groups excluding carboxylic acids is 2. The minimum absolute atomic E-state index is 0.280. The van der Waals surface area contributed by atoms with Crippen molar-refractivity contribution < 1.29 is 18.7 Å². The van der Waals surface area contributed by atoms with Crippen molar-refractivity contribution in [1.29, 1.82) is 0 Å². The van der Waals surface area contributed by atoms with E-state index in [1.807, 2.05) is 60.7 Å². The highest BCUT2D eigenvalue weighted by Crippen LogP contribution is 2.43. The number of benzene rings is 3. The molecule has 5 heteroatoms. The van der Waals surface area contributed by atoms with Crippen LogP contribution in [0, 0.1) is 5.82 Å². The van der Waals surface area contributed by atoms with Crippen LogP contribution < -0.4 is 0 Å². The van der Waals surface area contributed by atoms with Gasteiger partial charge in [-0.1, -0.05) is 91.7 Å². The van der Waals surface area contributed by atoms with Crippen molar-refractivity contribution in [2.24, 2.45) is 0 Å². The molecule has 0 saturated heterocycles. The highest BCUT2D eigenvalue weighted by Gasteiger charge is 2.46. The Labute approximate surface area is 194 Å². The van der Waals surface area contributed by atoms with Crippen LogP contribution in [0.5, 0.6) is 0 Å². The van der Waals surface area contributed by atoms with E-state index in [1.54, 1.807) is 23.1 Å². The van der Waals surface area contributed by atoms with Crippen molar-refractivity contribution in [1.82, 2.24) is 4.90 Å². The molecule has 1 aliphatic carbocycles. The van der Waals surface area contributed by atoms with Crippen LogP contribution in [0.3, 0.4) is 0 Å². The molecule has 0 atom stereocenters. The Morgan fingerprint density at radius 2 is 1.30 bits per heavy atom. The lowest BCUT2D eigenvalue weighted by Gasteiger charge is -2.28. The van der Waals surface area contributed by atoms with Gasteiger partial charge in [0.15, 0.2) is 6.61 Å². The van der Waals surface area contributed by atoms with E-state index in [9.17, 15) is 14.0 Å². The second-order valence-electron chi connectivity index (χ2n) is 8.57. The molecule has 1 amide bonds. The summed E-state index contributed by atoms with van der Waals surface area (Å²) in [5.74, 6) is -1.20. The largest absolute Gasteiger partial charge is 0.455 e. The van der Waals surface area contributed by atoms with Crippen LogP contribution in [-0.2, 0) is 32.8 Å². The van der Waals surface area contributed by atoms with Gasteiger partial charge in [-0.2, -0.15) is 0 Å². The summed E-state index contributed by atoms with van der Waals surface area (Å²) in [4.78, 5) is 28.0. The number of hydrogen-bond acceptors (Lipinski definition) is 3. The average Bonchev–Trinajstić information content (AvgIpc) is 3.34. The summed E-state index contributed by atoms with van der Waals surface area (Å²) in [6.45, 7) is 0.448. The summed E-state index contributed by atoms with van der Waals surface area (Å²) in [5, 5.41) is 0. The maximum absolute atomic E-state index is 14.6. The van der Waals surface area contributed by atoms with Gasteiger partial charge in [0, 0.05) is 18.7 Å². The lowest BCUT2D eigenvalue weighted by molar-refractivity contribution is -0.157. The number of carbonyl (C=O) groups is 2. The van der Waals surface area contributed by atoms with E-state index in [1.165, 1.54) is 6.07 Å². The molecule has 4 nitrogen and oxygen atoms in total. The van der Waals surface area contributed by atoms with Crippen LogP contribution in [0.4, 0.5) is 4.39 Å². The van der Waals surface area contributed by atoms with Gasteiger partial charge < -0.3 is 9.64 Å². The first kappa shape index (κ1) is 22.7. The normalized spacial score (nSPS) is 14.6. The first-order valence-corrected chi connectivity index (χ1v) is 11.4. The van der Waals surface area contributed by atoms with Crippen LogP contribution >= 0.6 is 0 Å². The third-order valence-electron chi connectivity index (χ3n) is 6.35. The second kappa shape index (κ2) is 10.4. The highest BCUT2D eigenvalue weighted by atomic mass is 19.1. The molecule has 1 aliphatic rings. The fourth-order valence-corrected chi connectivity index (χ4v) is 4.61. The zero-order valence-electron chi connectivity index (χ0n) is 18.6. The number of ether oxygens (including phenoxy) is 1. The summed E-state index contributed by atoms with van der Waals surface area (Å²) in [5.41, 5.74) is 1.33. The topological polar surface area (TPSA) is 46.6 Å². The Bertz CT molecular complexity index is 1040. The molecule has 3 aromatic rings. The van der Waals surface area contributed by atoms with Crippen molar-refractivity contribution in [3.05, 3.63) is 107 Å². The van der Waals surface area contributed by atoms with Crippen molar-refractivity contribution in [2.45, 2.75) is 44.2 Å². The molecular formula is C28H28FNO3. The molecule has 0 heterocycles. The average molecular weight is 446 g/mol. The van der Waals surface area contributed by atoms with Gasteiger partial charge in [0.05, 0.1) is 5.41 Å². The molecule has 33 heavy (non-hydrogen) atoms. The van der Waals surface area contributed by atoms with Gasteiger partial charge in [0.25, 0.3) is 5.91 Å². The monoisotopic (exact) mass is 445 g/mol.